The van der Waals surface area contributed by atoms with Crippen LogP contribution in [0, 0.1) is 5.92 Å². The maximum absolute atomic E-state index is 12.9. The molecular weight excluding hydrogens is 322 g/mol. The third-order valence-electron chi connectivity index (χ3n) is 4.42. The first-order valence-corrected chi connectivity index (χ1v) is 8.07. The summed E-state index contributed by atoms with van der Waals surface area (Å²) >= 11 is 0. The highest BCUT2D eigenvalue weighted by Crippen LogP contribution is 2.33. The Labute approximate surface area is 146 Å². The van der Waals surface area contributed by atoms with Crippen LogP contribution in [0.2, 0.25) is 0 Å². The first kappa shape index (κ1) is 17.2. The number of likely N-dealkylation sites (tertiary alicyclic amines) is 1. The van der Waals surface area contributed by atoms with Crippen LogP contribution in [-0.4, -0.2) is 59.3 Å². The number of hydrogen-bond acceptors (Lipinski definition) is 6. The molecule has 1 aromatic heterocycles. The van der Waals surface area contributed by atoms with E-state index in [-0.39, 0.29) is 18.4 Å². The Balaban J connectivity index is 1.76. The summed E-state index contributed by atoms with van der Waals surface area (Å²) in [6.07, 6.45) is 4.90. The van der Waals surface area contributed by atoms with Gasteiger partial charge >= 0.3 is 0 Å². The van der Waals surface area contributed by atoms with Gasteiger partial charge in [-0.3, -0.25) is 14.8 Å². The largest absolute Gasteiger partial charge is 0.493 e. The van der Waals surface area contributed by atoms with Gasteiger partial charge in [0.15, 0.2) is 11.5 Å². The van der Waals surface area contributed by atoms with Crippen LogP contribution in [0.1, 0.15) is 16.1 Å². The SMILES string of the molecule is COc1cccc(C(=O)N2C[C@@H](Cc3cnccn3)[C@H](O)C2)c1OC. The number of aliphatic hydroxyl groups is 1. The Morgan fingerprint density at radius 3 is 2.80 bits per heavy atom. The lowest BCUT2D eigenvalue weighted by atomic mass is 10.0. The van der Waals surface area contributed by atoms with Gasteiger partial charge in [-0.1, -0.05) is 6.07 Å². The second-order valence-corrected chi connectivity index (χ2v) is 5.98. The zero-order valence-corrected chi connectivity index (χ0v) is 14.3. The van der Waals surface area contributed by atoms with E-state index in [0.717, 1.165) is 5.69 Å². The highest BCUT2D eigenvalue weighted by atomic mass is 16.5. The first-order chi connectivity index (χ1) is 12.1. The number of benzene rings is 1. The molecule has 7 heteroatoms. The summed E-state index contributed by atoms with van der Waals surface area (Å²) in [5.74, 6) is 0.653. The van der Waals surface area contributed by atoms with Crippen molar-refractivity contribution in [2.75, 3.05) is 27.3 Å². The van der Waals surface area contributed by atoms with Crippen molar-refractivity contribution in [2.24, 2.45) is 5.92 Å². The van der Waals surface area contributed by atoms with Gasteiger partial charge in [0.1, 0.15) is 0 Å². The summed E-state index contributed by atoms with van der Waals surface area (Å²) in [4.78, 5) is 22.8. The van der Waals surface area contributed by atoms with Crippen molar-refractivity contribution in [1.29, 1.82) is 0 Å². The molecule has 2 aromatic rings. The van der Waals surface area contributed by atoms with E-state index in [9.17, 15) is 9.90 Å². The number of ether oxygens (including phenoxy) is 2. The highest BCUT2D eigenvalue weighted by molar-refractivity contribution is 5.98. The van der Waals surface area contributed by atoms with Gasteiger partial charge in [-0.05, 0) is 18.6 Å². The van der Waals surface area contributed by atoms with Gasteiger partial charge in [0, 0.05) is 37.6 Å². The minimum absolute atomic E-state index is 0.0720. The number of nitrogens with zero attached hydrogens (tertiary/aromatic N) is 3. The summed E-state index contributed by atoms with van der Waals surface area (Å²) in [6.45, 7) is 0.737. The lowest BCUT2D eigenvalue weighted by molar-refractivity contribution is 0.0760. The van der Waals surface area contributed by atoms with Crippen molar-refractivity contribution < 1.29 is 19.4 Å². The zero-order chi connectivity index (χ0) is 17.8. The van der Waals surface area contributed by atoms with Gasteiger partial charge in [-0.2, -0.15) is 0 Å². The Morgan fingerprint density at radius 2 is 2.12 bits per heavy atom. The van der Waals surface area contributed by atoms with Crippen LogP contribution in [0.3, 0.4) is 0 Å². The molecule has 0 unspecified atom stereocenters. The van der Waals surface area contributed by atoms with Crippen molar-refractivity contribution in [2.45, 2.75) is 12.5 Å². The zero-order valence-electron chi connectivity index (χ0n) is 14.3. The smallest absolute Gasteiger partial charge is 0.257 e. The van der Waals surface area contributed by atoms with Gasteiger partial charge in [-0.15, -0.1) is 0 Å². The molecule has 0 spiro atoms. The van der Waals surface area contributed by atoms with E-state index in [4.69, 9.17) is 9.47 Å². The van der Waals surface area contributed by atoms with Crippen molar-refractivity contribution in [3.8, 4) is 11.5 Å². The fourth-order valence-electron chi connectivity index (χ4n) is 3.15. The number of aliphatic hydroxyl groups excluding tert-OH is 1. The standard InChI is InChI=1S/C18H21N3O4/c1-24-16-5-3-4-14(17(16)25-2)18(23)21-10-12(15(22)11-21)8-13-9-19-6-7-20-13/h3-7,9,12,15,22H,8,10-11H2,1-2H3/t12-,15-/m1/s1. The summed E-state index contributed by atoms with van der Waals surface area (Å²) in [5, 5.41) is 10.3. The van der Waals surface area contributed by atoms with Crippen LogP contribution in [0.15, 0.2) is 36.8 Å². The van der Waals surface area contributed by atoms with Crippen LogP contribution in [0.25, 0.3) is 0 Å². The molecule has 25 heavy (non-hydrogen) atoms. The molecule has 1 aliphatic heterocycles. The van der Waals surface area contributed by atoms with Gasteiger partial charge in [0.05, 0.1) is 31.6 Å². The number of aromatic nitrogens is 2. The van der Waals surface area contributed by atoms with E-state index in [0.29, 0.717) is 30.0 Å². The number of rotatable bonds is 5. The number of β-amino-alcohol motifs (C(OH)–C–C–N with tert-alkyl or cyclic N) is 1. The number of methoxy groups -OCH3 is 2. The summed E-state index contributed by atoms with van der Waals surface area (Å²) in [6, 6.07) is 5.19. The Morgan fingerprint density at radius 1 is 1.28 bits per heavy atom. The normalized spacial score (nSPS) is 19.7. The van der Waals surface area contributed by atoms with Crippen molar-refractivity contribution in [3.63, 3.8) is 0 Å². The Bertz CT molecular complexity index is 738. The Kier molecular flexibility index (Phi) is 5.14. The average molecular weight is 343 g/mol. The summed E-state index contributed by atoms with van der Waals surface area (Å²) in [5.41, 5.74) is 1.23. The molecule has 1 aliphatic rings. The predicted molar refractivity (Wildman–Crippen MR) is 90.7 cm³/mol. The maximum atomic E-state index is 12.9. The van der Waals surface area contributed by atoms with Gasteiger partial charge in [-0.25, -0.2) is 0 Å². The number of carbonyl (C=O) groups excluding carboxylic acids is 1. The molecule has 7 nitrogen and oxygen atoms in total. The van der Waals surface area contributed by atoms with Crippen LogP contribution >= 0.6 is 0 Å². The van der Waals surface area contributed by atoms with E-state index < -0.39 is 6.10 Å². The molecule has 1 fully saturated rings. The minimum atomic E-state index is -0.595. The third kappa shape index (κ3) is 3.56. The van der Waals surface area contributed by atoms with Gasteiger partial charge < -0.3 is 19.5 Å². The summed E-state index contributed by atoms with van der Waals surface area (Å²) in [7, 11) is 3.03. The van der Waals surface area contributed by atoms with Crippen LogP contribution in [0.4, 0.5) is 0 Å². The van der Waals surface area contributed by atoms with Gasteiger partial charge in [0.25, 0.3) is 5.91 Å². The quantitative estimate of drug-likeness (QED) is 0.877. The van der Waals surface area contributed by atoms with Crippen LogP contribution < -0.4 is 9.47 Å². The lowest BCUT2D eigenvalue weighted by Crippen LogP contribution is -2.30. The van der Waals surface area contributed by atoms with E-state index in [1.807, 2.05) is 0 Å². The fraction of sp³-hybridized carbons (Fsp3) is 0.389. The molecule has 2 atom stereocenters. The van der Waals surface area contributed by atoms with Gasteiger partial charge in [0.2, 0.25) is 0 Å². The summed E-state index contributed by atoms with van der Waals surface area (Å²) < 4.78 is 10.6. The number of hydrogen-bond donors (Lipinski definition) is 1. The predicted octanol–water partition coefficient (Wildman–Crippen LogP) is 1.17. The van der Waals surface area contributed by atoms with Crippen molar-refractivity contribution in [3.05, 3.63) is 48.0 Å². The molecule has 1 aromatic carbocycles. The molecule has 132 valence electrons. The second-order valence-electron chi connectivity index (χ2n) is 5.98. The van der Waals surface area contributed by atoms with E-state index in [2.05, 4.69) is 9.97 Å². The molecule has 0 saturated carbocycles. The molecule has 3 rings (SSSR count). The first-order valence-electron chi connectivity index (χ1n) is 8.07. The topological polar surface area (TPSA) is 84.8 Å². The number of para-hydroxylation sites is 1. The molecule has 2 heterocycles. The van der Waals surface area contributed by atoms with Crippen LogP contribution in [-0.2, 0) is 6.42 Å². The van der Waals surface area contributed by atoms with Crippen molar-refractivity contribution >= 4 is 5.91 Å². The molecule has 0 bridgehead atoms. The number of carbonyl (C=O) groups is 1. The lowest BCUT2D eigenvalue weighted by Gasteiger charge is -2.19. The van der Waals surface area contributed by atoms with E-state index in [1.165, 1.54) is 14.2 Å². The molecule has 1 N–H and O–H groups in total. The Hall–Kier alpha value is -2.67. The number of amides is 1. The average Bonchev–Trinajstić information content (AvgIpc) is 3.01. The van der Waals surface area contributed by atoms with Crippen molar-refractivity contribution in [1.82, 2.24) is 14.9 Å². The molecular formula is C18H21N3O4. The minimum Gasteiger partial charge on any atom is -0.493 e. The fourth-order valence-corrected chi connectivity index (χ4v) is 3.15. The molecule has 0 aliphatic carbocycles. The molecule has 1 saturated heterocycles. The molecule has 0 radical (unpaired) electrons. The van der Waals surface area contributed by atoms with Crippen LogP contribution in [0.5, 0.6) is 11.5 Å². The second kappa shape index (κ2) is 7.48. The third-order valence-corrected chi connectivity index (χ3v) is 4.42. The monoisotopic (exact) mass is 343 g/mol. The highest BCUT2D eigenvalue weighted by Gasteiger charge is 2.35. The van der Waals surface area contributed by atoms with E-state index in [1.54, 1.807) is 41.7 Å². The molecule has 1 amide bonds. The maximum Gasteiger partial charge on any atom is 0.257 e. The van der Waals surface area contributed by atoms with E-state index >= 15 is 0 Å².